The number of methoxy groups -OCH3 is 1. The number of benzene rings is 1. The van der Waals surface area contributed by atoms with E-state index < -0.39 is 12.2 Å². The van der Waals surface area contributed by atoms with Crippen LogP contribution in [-0.2, 0) is 4.74 Å². The minimum absolute atomic E-state index is 0.0720. The van der Waals surface area contributed by atoms with E-state index >= 15 is 0 Å². The maximum absolute atomic E-state index is 11.1. The van der Waals surface area contributed by atoms with Crippen LogP contribution in [-0.4, -0.2) is 48.9 Å². The van der Waals surface area contributed by atoms with Crippen LogP contribution in [0.3, 0.4) is 0 Å². The summed E-state index contributed by atoms with van der Waals surface area (Å²) in [6.45, 7) is 2.05. The van der Waals surface area contributed by atoms with Crippen LogP contribution in [0.15, 0.2) is 24.3 Å². The van der Waals surface area contributed by atoms with Crippen molar-refractivity contribution in [3.05, 3.63) is 29.8 Å². The second kappa shape index (κ2) is 6.58. The number of amides is 1. The summed E-state index contributed by atoms with van der Waals surface area (Å²) in [5.74, 6) is 0. The van der Waals surface area contributed by atoms with Crippen molar-refractivity contribution in [1.29, 1.82) is 0 Å². The van der Waals surface area contributed by atoms with Crippen LogP contribution in [0.4, 0.5) is 10.5 Å². The Hall–Kier alpha value is -1.79. The highest BCUT2D eigenvalue weighted by molar-refractivity contribution is 5.67. The molecule has 1 fully saturated rings. The lowest BCUT2D eigenvalue weighted by molar-refractivity contribution is 0.125. The molecule has 6 nitrogen and oxygen atoms in total. The van der Waals surface area contributed by atoms with Crippen molar-refractivity contribution in [2.24, 2.45) is 0 Å². The maximum atomic E-state index is 11.1. The smallest absolute Gasteiger partial charge is 0.407 e. The highest BCUT2D eigenvalue weighted by Crippen LogP contribution is 2.22. The number of rotatable bonds is 4. The van der Waals surface area contributed by atoms with E-state index in [9.17, 15) is 9.90 Å². The molecule has 1 aromatic carbocycles. The van der Waals surface area contributed by atoms with Crippen LogP contribution < -0.4 is 11.1 Å². The second-order valence-corrected chi connectivity index (χ2v) is 5.03. The van der Waals surface area contributed by atoms with Gasteiger partial charge in [-0.15, -0.1) is 0 Å². The van der Waals surface area contributed by atoms with Gasteiger partial charge in [0.25, 0.3) is 0 Å². The van der Waals surface area contributed by atoms with E-state index in [1.54, 1.807) is 6.07 Å². The van der Waals surface area contributed by atoms with E-state index in [1.165, 1.54) is 7.11 Å². The minimum atomic E-state index is -0.618. The molecule has 1 aromatic rings. The first-order valence-corrected chi connectivity index (χ1v) is 6.69. The monoisotopic (exact) mass is 279 g/mol. The molecule has 0 aromatic heterocycles. The Morgan fingerprint density at radius 1 is 1.60 bits per heavy atom. The Balaban J connectivity index is 1.86. The summed E-state index contributed by atoms with van der Waals surface area (Å²) in [6, 6.07) is 7.39. The minimum Gasteiger partial charge on any atom is -0.453 e. The molecule has 0 aliphatic carbocycles. The number of nitrogens with two attached hydrogens (primary N) is 1. The molecule has 1 heterocycles. The molecular weight excluding hydrogens is 258 g/mol. The number of nitrogen functional groups attached to an aromatic ring is 1. The van der Waals surface area contributed by atoms with E-state index in [2.05, 4.69) is 15.0 Å². The van der Waals surface area contributed by atoms with Crippen molar-refractivity contribution in [2.45, 2.75) is 18.6 Å². The zero-order valence-corrected chi connectivity index (χ0v) is 11.6. The fraction of sp³-hybridized carbons (Fsp3) is 0.500. The topological polar surface area (TPSA) is 87.8 Å². The Labute approximate surface area is 118 Å². The van der Waals surface area contributed by atoms with Crippen LogP contribution in [0.1, 0.15) is 18.1 Å². The molecule has 2 rings (SSSR count). The van der Waals surface area contributed by atoms with Gasteiger partial charge in [-0.1, -0.05) is 18.2 Å². The Bertz CT molecular complexity index is 467. The fourth-order valence-electron chi connectivity index (χ4n) is 2.50. The molecule has 0 spiro atoms. The lowest BCUT2D eigenvalue weighted by Gasteiger charge is -2.21. The van der Waals surface area contributed by atoms with Gasteiger partial charge in [0.2, 0.25) is 0 Å². The molecule has 2 atom stereocenters. The van der Waals surface area contributed by atoms with Gasteiger partial charge in [0.15, 0.2) is 0 Å². The molecule has 6 heteroatoms. The number of hydrogen-bond donors (Lipinski definition) is 3. The summed E-state index contributed by atoms with van der Waals surface area (Å²) >= 11 is 0. The number of carbonyl (C=O) groups excluding carboxylic acids is 1. The van der Waals surface area contributed by atoms with Crippen LogP contribution >= 0.6 is 0 Å². The molecule has 0 saturated carbocycles. The van der Waals surface area contributed by atoms with Crippen molar-refractivity contribution in [2.75, 3.05) is 32.5 Å². The zero-order valence-electron chi connectivity index (χ0n) is 11.6. The molecular formula is C14H21N3O3. The normalized spacial score (nSPS) is 20.6. The van der Waals surface area contributed by atoms with E-state index in [0.29, 0.717) is 18.8 Å². The van der Waals surface area contributed by atoms with Crippen molar-refractivity contribution < 1.29 is 14.6 Å². The lowest BCUT2D eigenvalue weighted by atomic mass is 10.1. The standard InChI is InChI=1S/C14H21N3O3/c1-20-14(19)16-10-6-7-17(8-10)9-13(18)11-4-2-3-5-12(11)15/h2-5,10,13,18H,6-9,15H2,1H3,(H,16,19). The number of ether oxygens (including phenoxy) is 1. The predicted molar refractivity (Wildman–Crippen MR) is 76.2 cm³/mol. The van der Waals surface area contributed by atoms with Gasteiger partial charge in [0, 0.05) is 36.9 Å². The number of nitrogens with zero attached hydrogens (tertiary/aromatic N) is 1. The maximum Gasteiger partial charge on any atom is 0.407 e. The van der Waals surface area contributed by atoms with Crippen LogP contribution in [0, 0.1) is 0 Å². The number of nitrogens with one attached hydrogen (secondary N) is 1. The molecule has 1 aliphatic heterocycles. The zero-order chi connectivity index (χ0) is 14.5. The third-order valence-electron chi connectivity index (χ3n) is 3.57. The second-order valence-electron chi connectivity index (χ2n) is 5.03. The number of carbonyl (C=O) groups is 1. The Morgan fingerprint density at radius 2 is 2.35 bits per heavy atom. The first-order valence-electron chi connectivity index (χ1n) is 6.69. The van der Waals surface area contributed by atoms with Gasteiger partial charge < -0.3 is 20.9 Å². The molecule has 1 amide bonds. The SMILES string of the molecule is COC(=O)NC1CCN(CC(O)c2ccccc2N)C1. The molecule has 20 heavy (non-hydrogen) atoms. The number of likely N-dealkylation sites (tertiary alicyclic amines) is 1. The summed E-state index contributed by atoms with van der Waals surface area (Å²) in [4.78, 5) is 13.3. The van der Waals surface area contributed by atoms with Crippen LogP contribution in [0.2, 0.25) is 0 Å². The van der Waals surface area contributed by atoms with Crippen molar-refractivity contribution in [3.63, 3.8) is 0 Å². The molecule has 0 bridgehead atoms. The van der Waals surface area contributed by atoms with E-state index in [4.69, 9.17) is 5.73 Å². The third-order valence-corrected chi connectivity index (χ3v) is 3.57. The number of aliphatic hydroxyl groups excluding tert-OH is 1. The van der Waals surface area contributed by atoms with Gasteiger partial charge in [-0.05, 0) is 12.5 Å². The average Bonchev–Trinajstić information content (AvgIpc) is 2.86. The Morgan fingerprint density at radius 3 is 3.05 bits per heavy atom. The van der Waals surface area contributed by atoms with Crippen molar-refractivity contribution >= 4 is 11.8 Å². The molecule has 110 valence electrons. The predicted octanol–water partition coefficient (Wildman–Crippen LogP) is 0.732. The molecule has 1 saturated heterocycles. The van der Waals surface area contributed by atoms with E-state index in [0.717, 1.165) is 18.5 Å². The quantitative estimate of drug-likeness (QED) is 0.707. The van der Waals surface area contributed by atoms with Gasteiger partial charge in [-0.3, -0.25) is 4.90 Å². The number of hydrogen-bond acceptors (Lipinski definition) is 5. The van der Waals surface area contributed by atoms with E-state index in [-0.39, 0.29) is 6.04 Å². The average molecular weight is 279 g/mol. The van der Waals surface area contributed by atoms with Crippen molar-refractivity contribution in [1.82, 2.24) is 10.2 Å². The number of aliphatic hydroxyl groups is 1. The number of alkyl carbamates (subject to hydrolysis) is 1. The van der Waals surface area contributed by atoms with Gasteiger partial charge >= 0.3 is 6.09 Å². The summed E-state index contributed by atoms with van der Waals surface area (Å²) in [6.07, 6.45) is -0.177. The summed E-state index contributed by atoms with van der Waals surface area (Å²) in [5, 5.41) is 13.0. The van der Waals surface area contributed by atoms with E-state index in [1.807, 2.05) is 18.2 Å². The van der Waals surface area contributed by atoms with Gasteiger partial charge in [0.1, 0.15) is 0 Å². The summed E-state index contributed by atoms with van der Waals surface area (Å²) in [7, 11) is 1.35. The van der Waals surface area contributed by atoms with Gasteiger partial charge in [0.05, 0.1) is 13.2 Å². The van der Waals surface area contributed by atoms with Gasteiger partial charge in [-0.2, -0.15) is 0 Å². The Kier molecular flexibility index (Phi) is 4.81. The lowest BCUT2D eigenvalue weighted by Crippen LogP contribution is -2.37. The largest absolute Gasteiger partial charge is 0.453 e. The number of para-hydroxylation sites is 1. The van der Waals surface area contributed by atoms with Crippen molar-refractivity contribution in [3.8, 4) is 0 Å². The number of anilines is 1. The highest BCUT2D eigenvalue weighted by atomic mass is 16.5. The molecule has 2 unspecified atom stereocenters. The first kappa shape index (κ1) is 14.6. The molecule has 0 radical (unpaired) electrons. The van der Waals surface area contributed by atoms with Crippen LogP contribution in [0.25, 0.3) is 0 Å². The first-order chi connectivity index (χ1) is 9.60. The van der Waals surface area contributed by atoms with Gasteiger partial charge in [-0.25, -0.2) is 4.79 Å². The number of β-amino-alcohol motifs (C(OH)–C–C–N with tert-alkyl or cyclic N) is 1. The highest BCUT2D eigenvalue weighted by Gasteiger charge is 2.26. The fourth-order valence-corrected chi connectivity index (χ4v) is 2.50. The summed E-state index contributed by atoms with van der Waals surface area (Å²) < 4.78 is 4.58. The third kappa shape index (κ3) is 3.61. The molecule has 4 N–H and O–H groups in total. The van der Waals surface area contributed by atoms with Crippen LogP contribution in [0.5, 0.6) is 0 Å². The molecule has 1 aliphatic rings. The summed E-state index contributed by atoms with van der Waals surface area (Å²) in [5.41, 5.74) is 7.20.